The highest BCUT2D eigenvalue weighted by molar-refractivity contribution is 9.10. The fourth-order valence-electron chi connectivity index (χ4n) is 2.27. The van der Waals surface area contributed by atoms with Crippen molar-refractivity contribution in [2.45, 2.75) is 27.0 Å². The van der Waals surface area contributed by atoms with Crippen LogP contribution in [0.5, 0.6) is 0 Å². The van der Waals surface area contributed by atoms with Gasteiger partial charge in [-0.25, -0.2) is 9.61 Å². The topological polar surface area (TPSA) is 122 Å². The summed E-state index contributed by atoms with van der Waals surface area (Å²) in [5, 5.41) is 7.39. The molecule has 0 saturated heterocycles. The maximum absolute atomic E-state index is 11.0. The van der Waals surface area contributed by atoms with Gasteiger partial charge >= 0.3 is 5.97 Å². The first kappa shape index (κ1) is 15.4. The number of nitrogens with two attached hydrogens (primary N) is 1. The van der Waals surface area contributed by atoms with Gasteiger partial charge in [0.05, 0.1) is 9.99 Å². The number of hydrogen-bond donors (Lipinski definition) is 1. The lowest BCUT2D eigenvalue weighted by Crippen LogP contribution is -2.02. The highest BCUT2D eigenvalue weighted by atomic mass is 79.9. The van der Waals surface area contributed by atoms with Crippen LogP contribution in [0.15, 0.2) is 15.3 Å². The minimum Gasteiger partial charge on any atom is -0.459 e. The van der Waals surface area contributed by atoms with Gasteiger partial charge in [0.15, 0.2) is 17.3 Å². The molecule has 3 aromatic rings. The maximum Gasteiger partial charge on any atom is 0.303 e. The van der Waals surface area contributed by atoms with Crippen molar-refractivity contribution in [3.63, 3.8) is 0 Å². The van der Waals surface area contributed by atoms with Crippen LogP contribution in [-0.2, 0) is 22.7 Å². The van der Waals surface area contributed by atoms with Gasteiger partial charge in [-0.15, -0.1) is 0 Å². The molecule has 3 rings (SSSR count). The zero-order valence-corrected chi connectivity index (χ0v) is 14.0. The SMILES string of the molecule is CCn1c(-c2nonc2N)nc2c(COC(C)=O)ncc(Br)c21. The monoisotopic (exact) mass is 380 g/mol. The van der Waals surface area contributed by atoms with Gasteiger partial charge in [0.1, 0.15) is 17.8 Å². The number of hydrogen-bond acceptors (Lipinski definition) is 8. The minimum absolute atomic E-state index is 0.0336. The number of anilines is 1. The van der Waals surface area contributed by atoms with Crippen LogP contribution in [0.25, 0.3) is 22.6 Å². The average molecular weight is 381 g/mol. The molecule has 3 aromatic heterocycles. The van der Waals surface area contributed by atoms with Gasteiger partial charge in [0.25, 0.3) is 0 Å². The number of ether oxygens (including phenoxy) is 1. The van der Waals surface area contributed by atoms with E-state index in [0.29, 0.717) is 29.3 Å². The summed E-state index contributed by atoms with van der Waals surface area (Å²) in [4.78, 5) is 19.9. The Bertz CT molecular complexity index is 887. The number of halogens is 1. The summed E-state index contributed by atoms with van der Waals surface area (Å²) in [6.45, 7) is 3.96. The smallest absolute Gasteiger partial charge is 0.303 e. The third kappa shape index (κ3) is 2.65. The quantitative estimate of drug-likeness (QED) is 0.680. The van der Waals surface area contributed by atoms with Crippen LogP contribution >= 0.6 is 15.9 Å². The Morgan fingerprint density at radius 3 is 2.87 bits per heavy atom. The molecule has 9 nitrogen and oxygen atoms in total. The van der Waals surface area contributed by atoms with E-state index in [1.54, 1.807) is 6.20 Å². The Morgan fingerprint density at radius 1 is 1.48 bits per heavy atom. The second-order valence-electron chi connectivity index (χ2n) is 4.71. The zero-order valence-electron chi connectivity index (χ0n) is 12.4. The first-order valence-corrected chi connectivity index (χ1v) is 7.57. The van der Waals surface area contributed by atoms with Crippen LogP contribution in [-0.4, -0.2) is 30.8 Å². The number of imidazole rings is 1. The van der Waals surface area contributed by atoms with Crippen molar-refractivity contribution in [1.82, 2.24) is 24.8 Å². The van der Waals surface area contributed by atoms with Crippen LogP contribution in [0.3, 0.4) is 0 Å². The number of aryl methyl sites for hydroxylation is 1. The second-order valence-corrected chi connectivity index (χ2v) is 5.56. The van der Waals surface area contributed by atoms with Crippen molar-refractivity contribution < 1.29 is 14.2 Å². The molecular formula is C13H13BrN6O3. The fraction of sp³-hybridized carbons (Fsp3) is 0.308. The van der Waals surface area contributed by atoms with Crippen molar-refractivity contribution in [3.8, 4) is 11.5 Å². The molecule has 0 saturated carbocycles. The van der Waals surface area contributed by atoms with Crippen LogP contribution in [0.2, 0.25) is 0 Å². The molecule has 0 unspecified atom stereocenters. The molecule has 10 heteroatoms. The molecule has 0 aliphatic carbocycles. The van der Waals surface area contributed by atoms with Gasteiger partial charge in [-0.3, -0.25) is 9.78 Å². The Hall–Kier alpha value is -2.49. The highest BCUT2D eigenvalue weighted by Gasteiger charge is 2.22. The summed E-state index contributed by atoms with van der Waals surface area (Å²) in [5.74, 6) is 0.280. The van der Waals surface area contributed by atoms with Crippen molar-refractivity contribution >= 4 is 38.8 Å². The minimum atomic E-state index is -0.386. The number of nitrogen functional groups attached to an aromatic ring is 1. The fourth-order valence-corrected chi connectivity index (χ4v) is 2.77. The normalized spacial score (nSPS) is 11.1. The molecule has 0 bridgehead atoms. The van der Waals surface area contributed by atoms with Gasteiger partial charge in [0.2, 0.25) is 0 Å². The van der Waals surface area contributed by atoms with Gasteiger partial charge in [0, 0.05) is 19.7 Å². The molecule has 0 aromatic carbocycles. The number of rotatable bonds is 4. The number of aromatic nitrogens is 5. The van der Waals surface area contributed by atoms with E-state index in [0.717, 1.165) is 9.99 Å². The van der Waals surface area contributed by atoms with Crippen LogP contribution in [0.4, 0.5) is 5.82 Å². The lowest BCUT2D eigenvalue weighted by atomic mass is 10.3. The predicted molar refractivity (Wildman–Crippen MR) is 84.1 cm³/mol. The predicted octanol–water partition coefficient (Wildman–Crippen LogP) is 1.91. The average Bonchev–Trinajstić information content (AvgIpc) is 3.09. The molecule has 0 fully saturated rings. The van der Waals surface area contributed by atoms with E-state index in [1.165, 1.54) is 6.92 Å². The number of carbonyl (C=O) groups is 1. The molecule has 0 amide bonds. The third-order valence-corrected chi connectivity index (χ3v) is 3.84. The Morgan fingerprint density at radius 2 is 2.26 bits per heavy atom. The zero-order chi connectivity index (χ0) is 16.6. The van der Waals surface area contributed by atoms with Crippen LogP contribution in [0.1, 0.15) is 19.5 Å². The number of carbonyl (C=O) groups excluding carboxylic acids is 1. The molecule has 0 aliphatic heterocycles. The third-order valence-electron chi connectivity index (χ3n) is 3.25. The molecule has 0 aliphatic rings. The van der Waals surface area contributed by atoms with E-state index < -0.39 is 0 Å². The molecule has 23 heavy (non-hydrogen) atoms. The summed E-state index contributed by atoms with van der Waals surface area (Å²) in [7, 11) is 0. The van der Waals surface area contributed by atoms with Gasteiger partial charge in [-0.05, 0) is 33.2 Å². The molecule has 120 valence electrons. The lowest BCUT2D eigenvalue weighted by Gasteiger charge is -2.06. The van der Waals surface area contributed by atoms with Crippen molar-refractivity contribution in [3.05, 3.63) is 16.4 Å². The van der Waals surface area contributed by atoms with Crippen LogP contribution in [0, 0.1) is 0 Å². The number of fused-ring (bicyclic) bond motifs is 1. The second kappa shape index (κ2) is 5.95. The summed E-state index contributed by atoms with van der Waals surface area (Å²) in [6.07, 6.45) is 1.64. The van der Waals surface area contributed by atoms with Crippen molar-refractivity contribution in [2.24, 2.45) is 0 Å². The van der Waals surface area contributed by atoms with Crippen LogP contribution < -0.4 is 5.73 Å². The first-order chi connectivity index (χ1) is 11.0. The highest BCUT2D eigenvalue weighted by Crippen LogP contribution is 2.32. The molecule has 0 atom stereocenters. The van der Waals surface area contributed by atoms with E-state index in [2.05, 4.69) is 40.8 Å². The Kier molecular flexibility index (Phi) is 3.99. The Balaban J connectivity index is 2.23. The van der Waals surface area contributed by atoms with E-state index in [1.807, 2.05) is 11.5 Å². The molecular weight excluding hydrogens is 368 g/mol. The van der Waals surface area contributed by atoms with E-state index in [4.69, 9.17) is 10.5 Å². The lowest BCUT2D eigenvalue weighted by molar-refractivity contribution is -0.142. The van der Waals surface area contributed by atoms with E-state index in [-0.39, 0.29) is 18.4 Å². The summed E-state index contributed by atoms with van der Waals surface area (Å²) in [5.41, 5.74) is 8.08. The van der Waals surface area contributed by atoms with Crippen molar-refractivity contribution in [1.29, 1.82) is 0 Å². The molecule has 0 spiro atoms. The number of nitrogens with zero attached hydrogens (tertiary/aromatic N) is 5. The first-order valence-electron chi connectivity index (χ1n) is 6.78. The summed E-state index contributed by atoms with van der Waals surface area (Å²) >= 11 is 3.48. The van der Waals surface area contributed by atoms with Gasteiger partial charge in [-0.2, -0.15) is 0 Å². The largest absolute Gasteiger partial charge is 0.459 e. The van der Waals surface area contributed by atoms with E-state index in [9.17, 15) is 4.79 Å². The standard InChI is InChI=1S/C13H13BrN6O3/c1-3-20-11-7(14)4-16-8(5-22-6(2)21)9(11)17-13(20)10-12(15)19-23-18-10/h4H,3,5H2,1-2H3,(H2,15,19). The van der Waals surface area contributed by atoms with E-state index >= 15 is 0 Å². The summed E-state index contributed by atoms with van der Waals surface area (Å²) < 4.78 is 12.4. The number of pyridine rings is 1. The van der Waals surface area contributed by atoms with Crippen molar-refractivity contribution in [2.75, 3.05) is 5.73 Å². The maximum atomic E-state index is 11.0. The van der Waals surface area contributed by atoms with Gasteiger partial charge < -0.3 is 15.0 Å². The van der Waals surface area contributed by atoms with Gasteiger partial charge in [-0.1, -0.05) is 0 Å². The molecule has 3 heterocycles. The summed E-state index contributed by atoms with van der Waals surface area (Å²) in [6, 6.07) is 0. The molecule has 0 radical (unpaired) electrons. The molecule has 2 N–H and O–H groups in total. The Labute approximate surface area is 138 Å². The number of esters is 1.